The van der Waals surface area contributed by atoms with Crippen LogP contribution in [0.1, 0.15) is 0 Å². The number of amides is 2. The van der Waals surface area contributed by atoms with Gasteiger partial charge in [0.1, 0.15) is 12.3 Å². The lowest BCUT2D eigenvalue weighted by Gasteiger charge is -2.04. The van der Waals surface area contributed by atoms with Gasteiger partial charge in [0.15, 0.2) is 9.93 Å². The lowest BCUT2D eigenvalue weighted by atomic mass is 10.3. The van der Waals surface area contributed by atoms with Crippen molar-refractivity contribution in [3.05, 3.63) is 34.6 Å². The molecule has 2 amide bonds. The van der Waals surface area contributed by atoms with Crippen molar-refractivity contribution in [1.82, 2.24) is 9.55 Å². The summed E-state index contributed by atoms with van der Waals surface area (Å²) in [5.74, 6) is -0.300. The van der Waals surface area contributed by atoms with E-state index in [1.165, 1.54) is 29.8 Å². The highest BCUT2D eigenvalue weighted by Gasteiger charge is 2.13. The number of fused-ring (bicyclic) bond motifs is 1. The number of thiazole rings is 2. The van der Waals surface area contributed by atoms with E-state index < -0.39 is 11.9 Å². The molecular formula is C18H18N4O5S3. The normalized spacial score (nSPS) is 11.5. The second-order valence-corrected chi connectivity index (χ2v) is 8.65. The zero-order valence-corrected chi connectivity index (χ0v) is 18.6. The van der Waals surface area contributed by atoms with Gasteiger partial charge in [0.05, 0.1) is 35.9 Å². The summed E-state index contributed by atoms with van der Waals surface area (Å²) >= 11 is 3.74. The molecule has 0 aliphatic rings. The second-order valence-electron chi connectivity index (χ2n) is 5.76. The molecule has 0 radical (unpaired) electrons. The fourth-order valence-electron chi connectivity index (χ4n) is 2.42. The number of nitrogens with zero attached hydrogens (tertiary/aromatic N) is 3. The van der Waals surface area contributed by atoms with E-state index in [0.29, 0.717) is 15.7 Å². The summed E-state index contributed by atoms with van der Waals surface area (Å²) in [7, 11) is 2.86. The maximum absolute atomic E-state index is 12.3. The minimum absolute atomic E-state index is 0.0288. The van der Waals surface area contributed by atoms with Gasteiger partial charge in [0, 0.05) is 11.6 Å². The van der Waals surface area contributed by atoms with E-state index >= 15 is 0 Å². The van der Waals surface area contributed by atoms with Gasteiger partial charge in [-0.05, 0) is 18.2 Å². The summed E-state index contributed by atoms with van der Waals surface area (Å²) in [6.45, 7) is -0.0711. The Morgan fingerprint density at radius 1 is 1.27 bits per heavy atom. The summed E-state index contributed by atoms with van der Waals surface area (Å²) in [5, 5.41) is 4.93. The number of thioether (sulfide) groups is 1. The summed E-state index contributed by atoms with van der Waals surface area (Å²) in [4.78, 5) is 44.5. The number of carbonyl (C=O) groups is 3. The summed E-state index contributed by atoms with van der Waals surface area (Å²) in [5.41, 5.74) is 0.744. The van der Waals surface area contributed by atoms with Gasteiger partial charge in [-0.25, -0.2) is 4.98 Å². The first-order valence-corrected chi connectivity index (χ1v) is 11.4. The van der Waals surface area contributed by atoms with Crippen LogP contribution in [0.15, 0.2) is 34.8 Å². The largest absolute Gasteiger partial charge is 0.497 e. The molecule has 0 unspecified atom stereocenters. The van der Waals surface area contributed by atoms with E-state index in [1.807, 2.05) is 6.07 Å². The van der Waals surface area contributed by atoms with E-state index in [1.54, 1.807) is 35.4 Å². The minimum atomic E-state index is -0.451. The number of rotatable bonds is 8. The molecule has 0 atom stereocenters. The molecule has 12 heteroatoms. The number of methoxy groups -OCH3 is 2. The fraction of sp³-hybridized carbons (Fsp3) is 0.278. The molecule has 1 N–H and O–H groups in total. The van der Waals surface area contributed by atoms with Crippen LogP contribution in [0.25, 0.3) is 10.2 Å². The molecule has 2 aromatic heterocycles. The van der Waals surface area contributed by atoms with Crippen molar-refractivity contribution < 1.29 is 23.9 Å². The van der Waals surface area contributed by atoms with Crippen LogP contribution in [-0.4, -0.2) is 53.1 Å². The molecule has 0 aliphatic carbocycles. The van der Waals surface area contributed by atoms with Crippen molar-refractivity contribution in [3.8, 4) is 5.75 Å². The van der Waals surface area contributed by atoms with Gasteiger partial charge >= 0.3 is 5.97 Å². The Hall–Kier alpha value is -2.70. The minimum Gasteiger partial charge on any atom is -0.497 e. The van der Waals surface area contributed by atoms with Gasteiger partial charge in [0.25, 0.3) is 5.91 Å². The Kier molecular flexibility index (Phi) is 7.60. The third-order valence-corrected chi connectivity index (χ3v) is 6.41. The van der Waals surface area contributed by atoms with Crippen molar-refractivity contribution >= 4 is 67.6 Å². The first-order chi connectivity index (χ1) is 14.5. The van der Waals surface area contributed by atoms with E-state index in [4.69, 9.17) is 9.47 Å². The highest BCUT2D eigenvalue weighted by Crippen LogP contribution is 2.23. The molecule has 0 aliphatic heterocycles. The van der Waals surface area contributed by atoms with E-state index in [-0.39, 0.29) is 24.0 Å². The predicted molar refractivity (Wildman–Crippen MR) is 117 cm³/mol. The smallest absolute Gasteiger partial charge is 0.325 e. The molecule has 1 aromatic carbocycles. The number of hydrogen-bond acceptors (Lipinski definition) is 9. The van der Waals surface area contributed by atoms with Crippen molar-refractivity contribution in [2.24, 2.45) is 4.99 Å². The Bertz CT molecular complexity index is 1120. The predicted octanol–water partition coefficient (Wildman–Crippen LogP) is 2.14. The van der Waals surface area contributed by atoms with Crippen molar-refractivity contribution in [3.63, 3.8) is 0 Å². The molecule has 0 spiro atoms. The van der Waals surface area contributed by atoms with Crippen LogP contribution < -0.4 is 14.9 Å². The summed E-state index contributed by atoms with van der Waals surface area (Å²) in [6.07, 6.45) is 1.60. The lowest BCUT2D eigenvalue weighted by Crippen LogP contribution is -2.23. The molecule has 30 heavy (non-hydrogen) atoms. The second kappa shape index (κ2) is 10.4. The van der Waals surface area contributed by atoms with Gasteiger partial charge < -0.3 is 19.4 Å². The van der Waals surface area contributed by atoms with Crippen LogP contribution in [0, 0.1) is 0 Å². The molecule has 0 saturated carbocycles. The topological polar surface area (TPSA) is 112 Å². The molecule has 0 saturated heterocycles. The third kappa shape index (κ3) is 5.68. The first-order valence-electron chi connectivity index (χ1n) is 8.59. The number of aromatic nitrogens is 2. The molecule has 3 rings (SSSR count). The molecular weight excluding hydrogens is 448 g/mol. The Morgan fingerprint density at radius 2 is 2.10 bits per heavy atom. The number of benzene rings is 1. The lowest BCUT2D eigenvalue weighted by molar-refractivity contribution is -0.141. The standard InChI is InChI=1S/C18H18N4O5S3/c1-26-11-3-4-12-13(7-11)30-18(22(12)8-16(25)27-2)21-15(24)10-28-9-14(23)20-17-19-5-6-29-17/h3-7H,8-10H2,1-2H3,(H,19,20,23). The van der Waals surface area contributed by atoms with Gasteiger partial charge in [0.2, 0.25) is 5.91 Å². The molecule has 2 heterocycles. The third-order valence-electron chi connectivity index (χ3n) is 3.76. The molecule has 3 aromatic rings. The number of anilines is 1. The van der Waals surface area contributed by atoms with Gasteiger partial charge in [-0.2, -0.15) is 4.99 Å². The first kappa shape index (κ1) is 22.0. The van der Waals surface area contributed by atoms with Gasteiger partial charge in [-0.1, -0.05) is 11.3 Å². The van der Waals surface area contributed by atoms with Crippen molar-refractivity contribution in [1.29, 1.82) is 0 Å². The molecule has 158 valence electrons. The van der Waals surface area contributed by atoms with Gasteiger partial charge in [-0.15, -0.1) is 23.1 Å². The monoisotopic (exact) mass is 466 g/mol. The average Bonchev–Trinajstić information content (AvgIpc) is 3.35. The molecule has 0 fully saturated rings. The number of ether oxygens (including phenoxy) is 2. The Balaban J connectivity index is 1.73. The average molecular weight is 467 g/mol. The number of nitrogens with one attached hydrogen (secondary N) is 1. The molecule has 9 nitrogen and oxygen atoms in total. The van der Waals surface area contributed by atoms with Crippen LogP contribution in [0.3, 0.4) is 0 Å². The van der Waals surface area contributed by atoms with Crippen LogP contribution in [0.4, 0.5) is 5.13 Å². The highest BCUT2D eigenvalue weighted by molar-refractivity contribution is 8.00. The maximum atomic E-state index is 12.3. The van der Waals surface area contributed by atoms with Crippen LogP contribution in [-0.2, 0) is 25.7 Å². The van der Waals surface area contributed by atoms with Crippen molar-refractivity contribution in [2.45, 2.75) is 6.54 Å². The number of carbonyl (C=O) groups excluding carboxylic acids is 3. The number of esters is 1. The fourth-order valence-corrected chi connectivity index (χ4v) is 4.64. The van der Waals surface area contributed by atoms with E-state index in [9.17, 15) is 14.4 Å². The zero-order chi connectivity index (χ0) is 21.5. The van der Waals surface area contributed by atoms with Crippen LogP contribution >= 0.6 is 34.4 Å². The number of hydrogen-bond donors (Lipinski definition) is 1. The zero-order valence-electron chi connectivity index (χ0n) is 16.1. The highest BCUT2D eigenvalue weighted by atomic mass is 32.2. The van der Waals surface area contributed by atoms with E-state index in [2.05, 4.69) is 15.3 Å². The summed E-state index contributed by atoms with van der Waals surface area (Å²) in [6, 6.07) is 5.38. The Labute approximate surface area is 183 Å². The van der Waals surface area contributed by atoms with Crippen molar-refractivity contribution in [2.75, 3.05) is 31.0 Å². The Morgan fingerprint density at radius 3 is 2.80 bits per heavy atom. The van der Waals surface area contributed by atoms with Crippen LogP contribution in [0.2, 0.25) is 0 Å². The van der Waals surface area contributed by atoms with Gasteiger partial charge in [-0.3, -0.25) is 14.4 Å². The summed E-state index contributed by atoms with van der Waals surface area (Å²) < 4.78 is 12.4. The molecule has 0 bridgehead atoms. The SMILES string of the molecule is COC(=O)Cn1c(=NC(=O)CSCC(=O)Nc2nccs2)sc2cc(OC)ccc21. The quantitative estimate of drug-likeness (QED) is 0.506. The van der Waals surface area contributed by atoms with E-state index in [0.717, 1.165) is 22.0 Å². The van der Waals surface area contributed by atoms with Crippen LogP contribution in [0.5, 0.6) is 5.75 Å². The maximum Gasteiger partial charge on any atom is 0.325 e.